The van der Waals surface area contributed by atoms with Crippen LogP contribution in [0.25, 0.3) is 0 Å². The van der Waals surface area contributed by atoms with Crippen molar-refractivity contribution in [2.24, 2.45) is 0 Å². The summed E-state index contributed by atoms with van der Waals surface area (Å²) in [6, 6.07) is 2.89. The van der Waals surface area contributed by atoms with Gasteiger partial charge in [0.25, 0.3) is 5.91 Å². The number of nitriles is 1. The van der Waals surface area contributed by atoms with E-state index in [1.54, 1.807) is 13.0 Å². The first-order valence-electron chi connectivity index (χ1n) is 7.72. The maximum absolute atomic E-state index is 13.1. The topological polar surface area (TPSA) is 147 Å². The van der Waals surface area contributed by atoms with Crippen LogP contribution in [0.3, 0.4) is 0 Å². The van der Waals surface area contributed by atoms with E-state index in [9.17, 15) is 14.0 Å². The van der Waals surface area contributed by atoms with Crippen molar-refractivity contribution in [1.29, 1.82) is 5.26 Å². The number of anilines is 2. The van der Waals surface area contributed by atoms with Crippen LogP contribution in [0.2, 0.25) is 0 Å². The van der Waals surface area contributed by atoms with Crippen molar-refractivity contribution in [3.63, 3.8) is 0 Å². The number of amides is 1. The second-order valence-corrected chi connectivity index (χ2v) is 6.21. The Labute approximate surface area is 163 Å². The van der Waals surface area contributed by atoms with Crippen molar-refractivity contribution in [1.82, 2.24) is 15.5 Å². The number of nitrogens with zero attached hydrogens (tertiary/aromatic N) is 3. The standard InChI is InChI=1S/C17H15FN6O3S/c1-3-10(18)5-4-9(2)22-17-23-15(20)14(28-17)13(25)12-8-11(24-27-12)16(26)21-7-6-19/h3-5,8H,1,7,20H2,2H3,(H,21,26)(H,22,23)/b9-4+,10-5+. The number of rotatable bonds is 8. The average molecular weight is 402 g/mol. The molecule has 0 aliphatic carbocycles. The van der Waals surface area contributed by atoms with Gasteiger partial charge in [-0.2, -0.15) is 5.26 Å². The molecule has 11 heteroatoms. The molecule has 0 fully saturated rings. The quantitative estimate of drug-likeness (QED) is 0.347. The largest absolute Gasteiger partial charge is 0.382 e. The predicted molar refractivity (Wildman–Crippen MR) is 101 cm³/mol. The van der Waals surface area contributed by atoms with Crippen LogP contribution >= 0.6 is 11.3 Å². The third-order valence-electron chi connectivity index (χ3n) is 3.15. The number of aromatic nitrogens is 2. The van der Waals surface area contributed by atoms with Crippen LogP contribution in [0, 0.1) is 11.3 Å². The van der Waals surface area contributed by atoms with Crippen LogP contribution in [0.4, 0.5) is 15.3 Å². The summed E-state index contributed by atoms with van der Waals surface area (Å²) in [6.45, 7) is 4.77. The summed E-state index contributed by atoms with van der Waals surface area (Å²) >= 11 is 0.959. The molecule has 2 aromatic heterocycles. The molecule has 0 saturated heterocycles. The summed E-state index contributed by atoms with van der Waals surface area (Å²) in [5.41, 5.74) is 6.20. The van der Waals surface area contributed by atoms with Crippen molar-refractivity contribution in [3.8, 4) is 6.07 Å². The smallest absolute Gasteiger partial charge is 0.274 e. The van der Waals surface area contributed by atoms with E-state index in [1.807, 2.05) is 0 Å². The van der Waals surface area contributed by atoms with Gasteiger partial charge in [0.2, 0.25) is 11.5 Å². The Kier molecular flexibility index (Phi) is 6.78. The lowest BCUT2D eigenvalue weighted by molar-refractivity contribution is 0.0945. The van der Waals surface area contributed by atoms with Crippen molar-refractivity contribution in [2.45, 2.75) is 6.92 Å². The summed E-state index contributed by atoms with van der Waals surface area (Å²) in [5, 5.41) is 17.4. The van der Waals surface area contributed by atoms with Crippen LogP contribution in [0.5, 0.6) is 0 Å². The molecule has 0 radical (unpaired) electrons. The van der Waals surface area contributed by atoms with E-state index in [4.69, 9.17) is 15.5 Å². The number of allylic oxidation sites excluding steroid dienone is 5. The van der Waals surface area contributed by atoms with E-state index in [-0.39, 0.29) is 28.7 Å². The number of nitrogen functional groups attached to an aromatic ring is 1. The first kappa shape index (κ1) is 20.5. The predicted octanol–water partition coefficient (Wildman–Crippen LogP) is 2.55. The second kappa shape index (κ2) is 9.24. The van der Waals surface area contributed by atoms with E-state index in [2.05, 4.69) is 27.4 Å². The number of hydrogen-bond acceptors (Lipinski definition) is 9. The number of nitrogens with one attached hydrogen (secondary N) is 2. The summed E-state index contributed by atoms with van der Waals surface area (Å²) in [7, 11) is 0. The minimum Gasteiger partial charge on any atom is -0.382 e. The van der Waals surface area contributed by atoms with Gasteiger partial charge in [-0.3, -0.25) is 9.59 Å². The van der Waals surface area contributed by atoms with Gasteiger partial charge in [-0.1, -0.05) is 23.1 Å². The monoisotopic (exact) mass is 402 g/mol. The molecule has 2 aromatic rings. The van der Waals surface area contributed by atoms with Gasteiger partial charge in [0, 0.05) is 11.8 Å². The normalized spacial score (nSPS) is 11.6. The minimum atomic E-state index is -0.649. The van der Waals surface area contributed by atoms with Crippen LogP contribution in [-0.4, -0.2) is 28.4 Å². The highest BCUT2D eigenvalue weighted by Crippen LogP contribution is 2.28. The van der Waals surface area contributed by atoms with Gasteiger partial charge in [-0.25, -0.2) is 9.37 Å². The fourth-order valence-electron chi connectivity index (χ4n) is 1.84. The van der Waals surface area contributed by atoms with E-state index in [1.165, 1.54) is 12.2 Å². The summed E-state index contributed by atoms with van der Waals surface area (Å²) in [6.07, 6.45) is 3.75. The summed E-state index contributed by atoms with van der Waals surface area (Å²) < 4.78 is 17.9. The molecule has 0 unspecified atom stereocenters. The van der Waals surface area contributed by atoms with Crippen molar-refractivity contribution < 1.29 is 18.5 Å². The Morgan fingerprint density at radius 3 is 2.93 bits per heavy atom. The number of hydrogen-bond donors (Lipinski definition) is 3. The fourth-order valence-corrected chi connectivity index (χ4v) is 2.74. The summed E-state index contributed by atoms with van der Waals surface area (Å²) in [4.78, 5) is 28.4. The molecule has 0 saturated carbocycles. The first-order valence-corrected chi connectivity index (χ1v) is 8.53. The lowest BCUT2D eigenvalue weighted by atomic mass is 10.2. The third kappa shape index (κ3) is 5.12. The van der Waals surface area contributed by atoms with E-state index in [0.717, 1.165) is 23.5 Å². The number of carbonyl (C=O) groups is 2. The Hall–Kier alpha value is -3.78. The zero-order chi connectivity index (χ0) is 20.7. The molecule has 2 heterocycles. The maximum atomic E-state index is 13.1. The van der Waals surface area contributed by atoms with Crippen molar-refractivity contribution in [3.05, 3.63) is 58.7 Å². The molecular weight excluding hydrogens is 387 g/mol. The van der Waals surface area contributed by atoms with Crippen molar-refractivity contribution in [2.75, 3.05) is 17.6 Å². The van der Waals surface area contributed by atoms with E-state index in [0.29, 0.717) is 10.8 Å². The van der Waals surface area contributed by atoms with Gasteiger partial charge in [0.05, 0.1) is 6.07 Å². The van der Waals surface area contributed by atoms with Gasteiger partial charge >= 0.3 is 0 Å². The molecular formula is C17H15FN6O3S. The van der Waals surface area contributed by atoms with Crippen LogP contribution < -0.4 is 16.4 Å². The SMILES string of the molecule is C=C/C(F)=C\C=C(/C)Nc1nc(N)c(C(=O)c2cc(C(=O)NCC#N)no2)s1. The zero-order valence-electron chi connectivity index (χ0n) is 14.7. The molecule has 1 amide bonds. The fraction of sp³-hybridized carbons (Fsp3) is 0.118. The lowest BCUT2D eigenvalue weighted by Crippen LogP contribution is -2.23. The Balaban J connectivity index is 2.15. The van der Waals surface area contributed by atoms with Crippen LogP contribution in [0.15, 0.2) is 46.9 Å². The molecule has 9 nitrogen and oxygen atoms in total. The molecule has 0 aliphatic heterocycles. The van der Waals surface area contributed by atoms with Crippen LogP contribution in [-0.2, 0) is 0 Å². The molecule has 2 rings (SSSR count). The number of ketones is 1. The maximum Gasteiger partial charge on any atom is 0.274 e. The minimum absolute atomic E-state index is 0.0370. The molecule has 4 N–H and O–H groups in total. The Bertz CT molecular complexity index is 1010. The van der Waals surface area contributed by atoms with Crippen LogP contribution in [0.1, 0.15) is 32.8 Å². The highest BCUT2D eigenvalue weighted by Gasteiger charge is 2.23. The van der Waals surface area contributed by atoms with Gasteiger partial charge in [-0.05, 0) is 25.2 Å². The van der Waals surface area contributed by atoms with Gasteiger partial charge in [0.15, 0.2) is 10.8 Å². The number of halogens is 1. The van der Waals surface area contributed by atoms with Crippen molar-refractivity contribution >= 4 is 34.0 Å². The van der Waals surface area contributed by atoms with Gasteiger partial charge in [-0.15, -0.1) is 0 Å². The highest BCUT2D eigenvalue weighted by atomic mass is 32.1. The second-order valence-electron chi connectivity index (χ2n) is 5.21. The van der Waals surface area contributed by atoms with E-state index >= 15 is 0 Å². The zero-order valence-corrected chi connectivity index (χ0v) is 15.5. The van der Waals surface area contributed by atoms with Gasteiger partial charge in [0.1, 0.15) is 23.1 Å². The Morgan fingerprint density at radius 1 is 1.50 bits per heavy atom. The number of carbonyl (C=O) groups excluding carboxylic acids is 2. The molecule has 28 heavy (non-hydrogen) atoms. The number of thiazole rings is 1. The molecule has 0 spiro atoms. The first-order chi connectivity index (χ1) is 13.3. The van der Waals surface area contributed by atoms with Gasteiger partial charge < -0.3 is 20.9 Å². The molecule has 0 bridgehead atoms. The molecule has 0 atom stereocenters. The lowest BCUT2D eigenvalue weighted by Gasteiger charge is -1.99. The van der Waals surface area contributed by atoms with E-state index < -0.39 is 17.5 Å². The summed E-state index contributed by atoms with van der Waals surface area (Å²) in [5.74, 6) is -1.99. The third-order valence-corrected chi connectivity index (χ3v) is 4.13. The molecule has 0 aromatic carbocycles. The average Bonchev–Trinajstić information content (AvgIpc) is 3.30. The highest BCUT2D eigenvalue weighted by molar-refractivity contribution is 7.18. The molecule has 0 aliphatic rings. The molecule has 144 valence electrons. The Morgan fingerprint density at radius 2 is 2.25 bits per heavy atom. The number of nitrogens with two attached hydrogens (primary N) is 1.